The number of ether oxygens (including phenoxy) is 2. The predicted octanol–water partition coefficient (Wildman–Crippen LogP) is -0.617. The zero-order chi connectivity index (χ0) is 22.2. The van der Waals surface area contributed by atoms with Crippen LogP contribution in [0.25, 0.3) is 11.4 Å². The number of carbonyl (C=O) groups is 1. The largest absolute Gasteiger partial charge is 0.493 e. The van der Waals surface area contributed by atoms with Crippen molar-refractivity contribution in [2.45, 2.75) is 6.54 Å². The molecule has 3 aromatic rings. The second-order valence-corrected chi connectivity index (χ2v) is 6.32. The van der Waals surface area contributed by atoms with Gasteiger partial charge in [0.1, 0.15) is 11.4 Å². The van der Waals surface area contributed by atoms with Crippen molar-refractivity contribution in [1.82, 2.24) is 18.9 Å². The summed E-state index contributed by atoms with van der Waals surface area (Å²) in [5, 5.41) is 3.71. The van der Waals surface area contributed by atoms with Gasteiger partial charge in [-0.2, -0.15) is 0 Å². The lowest BCUT2D eigenvalue weighted by Crippen LogP contribution is -2.42. The summed E-state index contributed by atoms with van der Waals surface area (Å²) in [7, 11) is 5.47. The summed E-state index contributed by atoms with van der Waals surface area (Å²) < 4.78 is 17.8. The van der Waals surface area contributed by atoms with Gasteiger partial charge in [0.15, 0.2) is 23.1 Å². The first-order chi connectivity index (χ1) is 14.2. The number of hydrogen-bond donors (Lipinski definition) is 1. The van der Waals surface area contributed by atoms with Gasteiger partial charge in [0.25, 0.3) is 5.56 Å². The molecule has 0 spiro atoms. The molecule has 0 saturated carbocycles. The molecule has 2 N–H and O–H groups in total. The molecule has 0 amide bonds. The summed E-state index contributed by atoms with van der Waals surface area (Å²) >= 11 is 0. The molecule has 0 aliphatic heterocycles. The predicted molar refractivity (Wildman–Crippen MR) is 105 cm³/mol. The Hall–Kier alpha value is -4.09. The van der Waals surface area contributed by atoms with E-state index in [2.05, 4.69) is 5.16 Å². The molecule has 0 unspecified atom stereocenters. The number of anilines is 1. The van der Waals surface area contributed by atoms with E-state index in [1.807, 2.05) is 0 Å². The Labute approximate surface area is 168 Å². The number of rotatable bonds is 6. The molecule has 1 aromatic carbocycles. The summed E-state index contributed by atoms with van der Waals surface area (Å²) in [6.45, 7) is -0.580. The normalized spacial score (nSPS) is 10.8. The van der Waals surface area contributed by atoms with Crippen LogP contribution in [0.4, 0.5) is 5.82 Å². The monoisotopic (exact) mass is 417 g/mol. The average Bonchev–Trinajstić information content (AvgIpc) is 3.10. The lowest BCUT2D eigenvalue weighted by Gasteiger charge is -2.12. The number of carbonyl (C=O) groups excluding carboxylic acids is 1. The summed E-state index contributed by atoms with van der Waals surface area (Å²) in [6, 6.07) is 4.75. The number of nitrogens with two attached hydrogens (primary N) is 1. The van der Waals surface area contributed by atoms with Gasteiger partial charge in [-0.1, -0.05) is 5.16 Å². The van der Waals surface area contributed by atoms with Gasteiger partial charge in [-0.3, -0.25) is 23.2 Å². The SMILES string of the molecule is COc1ccc(-c2noc(=O)n2CC(=O)c2c(N)n(C)c(=O)n(C)c2=O)cc1OC. The van der Waals surface area contributed by atoms with Crippen molar-refractivity contribution < 1.29 is 18.8 Å². The van der Waals surface area contributed by atoms with Crippen molar-refractivity contribution in [2.75, 3.05) is 20.0 Å². The van der Waals surface area contributed by atoms with Gasteiger partial charge in [0.2, 0.25) is 0 Å². The number of nitrogen functional groups attached to an aromatic ring is 1. The number of hydrogen-bond acceptors (Lipinski definition) is 9. The van der Waals surface area contributed by atoms with Crippen LogP contribution in [0.5, 0.6) is 11.5 Å². The minimum absolute atomic E-state index is 0.0366. The van der Waals surface area contributed by atoms with E-state index in [0.29, 0.717) is 17.1 Å². The highest BCUT2D eigenvalue weighted by Gasteiger charge is 2.24. The molecular formula is C18H19N5O7. The van der Waals surface area contributed by atoms with Crippen molar-refractivity contribution in [2.24, 2.45) is 14.1 Å². The molecule has 0 saturated heterocycles. The van der Waals surface area contributed by atoms with E-state index < -0.39 is 34.9 Å². The maximum Gasteiger partial charge on any atom is 0.442 e. The van der Waals surface area contributed by atoms with Crippen LogP contribution in [0, 0.1) is 0 Å². The molecule has 2 heterocycles. The van der Waals surface area contributed by atoms with E-state index in [-0.39, 0.29) is 11.6 Å². The van der Waals surface area contributed by atoms with E-state index in [9.17, 15) is 19.2 Å². The van der Waals surface area contributed by atoms with E-state index in [1.165, 1.54) is 28.3 Å². The molecule has 12 nitrogen and oxygen atoms in total. The molecule has 0 bridgehead atoms. The molecule has 0 fully saturated rings. The Morgan fingerprint density at radius 2 is 1.77 bits per heavy atom. The standard InChI is InChI=1S/C18H19N5O7/c1-21-14(19)13(16(25)22(2)17(21)26)10(24)8-23-15(20-30-18(23)27)9-5-6-11(28-3)12(7-9)29-4/h5-7H,8,19H2,1-4H3. The smallest absolute Gasteiger partial charge is 0.442 e. The number of benzene rings is 1. The van der Waals surface area contributed by atoms with Gasteiger partial charge in [-0.25, -0.2) is 14.2 Å². The van der Waals surface area contributed by atoms with E-state index >= 15 is 0 Å². The van der Waals surface area contributed by atoms with Crippen LogP contribution < -0.4 is 32.2 Å². The molecule has 12 heteroatoms. The lowest BCUT2D eigenvalue weighted by molar-refractivity contribution is 0.0967. The number of ketones is 1. The van der Waals surface area contributed by atoms with E-state index in [4.69, 9.17) is 19.7 Å². The summed E-state index contributed by atoms with van der Waals surface area (Å²) in [6.07, 6.45) is 0. The van der Waals surface area contributed by atoms with Crippen LogP contribution in [0.1, 0.15) is 10.4 Å². The lowest BCUT2D eigenvalue weighted by atomic mass is 10.1. The van der Waals surface area contributed by atoms with E-state index in [1.54, 1.807) is 18.2 Å². The van der Waals surface area contributed by atoms with Gasteiger partial charge in [0.05, 0.1) is 20.8 Å². The molecule has 2 aromatic heterocycles. The Balaban J connectivity index is 2.08. The van der Waals surface area contributed by atoms with Crippen molar-refractivity contribution in [3.63, 3.8) is 0 Å². The maximum absolute atomic E-state index is 12.8. The fraction of sp³-hybridized carbons (Fsp3) is 0.278. The van der Waals surface area contributed by atoms with Crippen LogP contribution in [-0.4, -0.2) is 38.9 Å². The van der Waals surface area contributed by atoms with Gasteiger partial charge >= 0.3 is 11.4 Å². The van der Waals surface area contributed by atoms with Crippen LogP contribution in [-0.2, 0) is 20.6 Å². The molecule has 3 rings (SSSR count). The van der Waals surface area contributed by atoms with Crippen molar-refractivity contribution in [1.29, 1.82) is 0 Å². The third-order valence-electron chi connectivity index (χ3n) is 4.62. The molecule has 0 aliphatic carbocycles. The van der Waals surface area contributed by atoms with Gasteiger partial charge in [-0.05, 0) is 18.2 Å². The van der Waals surface area contributed by atoms with Crippen molar-refractivity contribution in [3.05, 3.63) is 55.2 Å². The quantitative estimate of drug-likeness (QED) is 0.517. The van der Waals surface area contributed by atoms with Crippen LogP contribution in [0.3, 0.4) is 0 Å². The third kappa shape index (κ3) is 3.27. The van der Waals surface area contributed by atoms with Crippen LogP contribution >= 0.6 is 0 Å². The fourth-order valence-corrected chi connectivity index (χ4v) is 2.94. The Morgan fingerprint density at radius 1 is 1.10 bits per heavy atom. The Morgan fingerprint density at radius 3 is 2.40 bits per heavy atom. The highest BCUT2D eigenvalue weighted by molar-refractivity contribution is 5.99. The summed E-state index contributed by atoms with van der Waals surface area (Å²) in [5.41, 5.74) is 4.27. The number of aromatic nitrogens is 4. The summed E-state index contributed by atoms with van der Waals surface area (Å²) in [4.78, 5) is 49.4. The molecular weight excluding hydrogens is 398 g/mol. The second-order valence-electron chi connectivity index (χ2n) is 6.32. The average molecular weight is 417 g/mol. The third-order valence-corrected chi connectivity index (χ3v) is 4.62. The van der Waals surface area contributed by atoms with Crippen molar-refractivity contribution >= 4 is 11.6 Å². The van der Waals surface area contributed by atoms with Gasteiger partial charge in [-0.15, -0.1) is 0 Å². The topological polar surface area (TPSA) is 154 Å². The Bertz CT molecular complexity index is 1310. The van der Waals surface area contributed by atoms with Crippen LogP contribution in [0.2, 0.25) is 0 Å². The molecule has 0 aliphatic rings. The fourth-order valence-electron chi connectivity index (χ4n) is 2.94. The summed E-state index contributed by atoms with van der Waals surface area (Å²) in [5.74, 6) is -1.13. The van der Waals surface area contributed by atoms with Gasteiger partial charge < -0.3 is 15.2 Å². The second kappa shape index (κ2) is 7.73. The highest BCUT2D eigenvalue weighted by Crippen LogP contribution is 2.31. The zero-order valence-electron chi connectivity index (χ0n) is 16.7. The minimum Gasteiger partial charge on any atom is -0.493 e. The van der Waals surface area contributed by atoms with Crippen molar-refractivity contribution in [3.8, 4) is 22.9 Å². The first kappa shape index (κ1) is 20.6. The van der Waals surface area contributed by atoms with E-state index in [0.717, 1.165) is 13.7 Å². The van der Waals surface area contributed by atoms with Crippen LogP contribution in [0.15, 0.2) is 37.1 Å². The minimum atomic E-state index is -0.909. The molecule has 30 heavy (non-hydrogen) atoms. The molecule has 0 atom stereocenters. The first-order valence-electron chi connectivity index (χ1n) is 8.58. The molecule has 0 radical (unpaired) electrons. The number of methoxy groups -OCH3 is 2. The Kier molecular flexibility index (Phi) is 5.32. The number of Topliss-reactive ketones (excluding diaryl/α,β-unsaturated/α-hetero) is 1. The zero-order valence-corrected chi connectivity index (χ0v) is 16.7. The number of nitrogens with zero attached hydrogens (tertiary/aromatic N) is 4. The highest BCUT2D eigenvalue weighted by atomic mass is 16.5. The molecule has 158 valence electrons. The van der Waals surface area contributed by atoms with Gasteiger partial charge in [0, 0.05) is 19.7 Å². The maximum atomic E-state index is 12.8. The first-order valence-corrected chi connectivity index (χ1v) is 8.58.